The predicted molar refractivity (Wildman–Crippen MR) is 69.3 cm³/mol. The number of para-hydroxylation sites is 1. The Morgan fingerprint density at radius 2 is 1.93 bits per heavy atom. The number of ether oxygens (including phenoxy) is 1. The standard InChI is InChI=1S/C12H17IO/c1-10-6-4-5-7-11(10)14-9-12(2,3)8-13/h4-7H,8-9H2,1-3H3. The smallest absolute Gasteiger partial charge is 0.122 e. The number of alkyl halides is 1. The van der Waals surface area contributed by atoms with Gasteiger partial charge < -0.3 is 4.74 Å². The SMILES string of the molecule is Cc1ccccc1OCC(C)(C)CI. The highest BCUT2D eigenvalue weighted by molar-refractivity contribution is 14.1. The van der Waals surface area contributed by atoms with Gasteiger partial charge in [0.1, 0.15) is 5.75 Å². The van der Waals surface area contributed by atoms with E-state index in [2.05, 4.69) is 49.4 Å². The highest BCUT2D eigenvalue weighted by Gasteiger charge is 2.17. The van der Waals surface area contributed by atoms with Gasteiger partial charge in [-0.05, 0) is 18.6 Å². The lowest BCUT2D eigenvalue weighted by Gasteiger charge is -2.22. The predicted octanol–water partition coefficient (Wildman–Crippen LogP) is 3.84. The van der Waals surface area contributed by atoms with Crippen molar-refractivity contribution in [1.29, 1.82) is 0 Å². The summed E-state index contributed by atoms with van der Waals surface area (Å²) in [6.07, 6.45) is 0. The molecule has 0 radical (unpaired) electrons. The molecule has 0 fully saturated rings. The van der Waals surface area contributed by atoms with Gasteiger partial charge in [-0.2, -0.15) is 0 Å². The Kier molecular flexibility index (Phi) is 4.23. The van der Waals surface area contributed by atoms with Gasteiger partial charge in [0.05, 0.1) is 6.61 Å². The van der Waals surface area contributed by atoms with Crippen molar-refractivity contribution in [2.45, 2.75) is 20.8 Å². The van der Waals surface area contributed by atoms with Gasteiger partial charge in [-0.1, -0.05) is 54.6 Å². The Morgan fingerprint density at radius 1 is 1.29 bits per heavy atom. The second kappa shape index (κ2) is 5.01. The molecular formula is C12H17IO. The molecule has 0 heterocycles. The Morgan fingerprint density at radius 3 is 2.50 bits per heavy atom. The summed E-state index contributed by atoms with van der Waals surface area (Å²) in [4.78, 5) is 0. The number of halogens is 1. The van der Waals surface area contributed by atoms with Crippen LogP contribution in [0.2, 0.25) is 0 Å². The van der Waals surface area contributed by atoms with E-state index in [4.69, 9.17) is 4.74 Å². The summed E-state index contributed by atoms with van der Waals surface area (Å²) in [7, 11) is 0. The molecule has 2 heteroatoms. The summed E-state index contributed by atoms with van der Waals surface area (Å²) < 4.78 is 6.90. The molecule has 0 amide bonds. The third kappa shape index (κ3) is 3.48. The average Bonchev–Trinajstić information content (AvgIpc) is 2.17. The first-order valence-corrected chi connectivity index (χ1v) is 6.32. The van der Waals surface area contributed by atoms with E-state index >= 15 is 0 Å². The maximum Gasteiger partial charge on any atom is 0.122 e. The summed E-state index contributed by atoms with van der Waals surface area (Å²) in [5.74, 6) is 1.01. The first-order valence-electron chi connectivity index (χ1n) is 4.79. The van der Waals surface area contributed by atoms with E-state index in [1.807, 2.05) is 18.2 Å². The number of aryl methyl sites for hydroxylation is 1. The zero-order valence-corrected chi connectivity index (χ0v) is 11.2. The molecule has 0 aliphatic heterocycles. The molecule has 78 valence electrons. The van der Waals surface area contributed by atoms with Crippen molar-refractivity contribution in [2.75, 3.05) is 11.0 Å². The van der Waals surface area contributed by atoms with E-state index in [1.165, 1.54) is 5.56 Å². The molecule has 1 rings (SSSR count). The van der Waals surface area contributed by atoms with Crippen LogP contribution in [-0.2, 0) is 0 Å². The third-order valence-electron chi connectivity index (χ3n) is 2.07. The Balaban J connectivity index is 2.58. The topological polar surface area (TPSA) is 9.23 Å². The first kappa shape index (κ1) is 11.8. The monoisotopic (exact) mass is 304 g/mol. The highest BCUT2D eigenvalue weighted by atomic mass is 127. The summed E-state index contributed by atoms with van der Waals surface area (Å²) in [6.45, 7) is 7.29. The second-order valence-electron chi connectivity index (χ2n) is 4.35. The molecule has 0 saturated heterocycles. The van der Waals surface area contributed by atoms with Crippen molar-refractivity contribution in [3.63, 3.8) is 0 Å². The third-order valence-corrected chi connectivity index (χ3v) is 4.14. The molecule has 0 unspecified atom stereocenters. The van der Waals surface area contributed by atoms with Crippen LogP contribution in [0.1, 0.15) is 19.4 Å². The van der Waals surface area contributed by atoms with E-state index in [0.717, 1.165) is 16.8 Å². The van der Waals surface area contributed by atoms with Gasteiger partial charge in [0.25, 0.3) is 0 Å². The minimum atomic E-state index is 0.253. The maximum atomic E-state index is 5.79. The fourth-order valence-electron chi connectivity index (χ4n) is 1.03. The van der Waals surface area contributed by atoms with Crippen molar-refractivity contribution >= 4 is 22.6 Å². The van der Waals surface area contributed by atoms with Gasteiger partial charge in [-0.25, -0.2) is 0 Å². The molecule has 0 bridgehead atoms. The van der Waals surface area contributed by atoms with Crippen molar-refractivity contribution in [2.24, 2.45) is 5.41 Å². The van der Waals surface area contributed by atoms with E-state index in [0.29, 0.717) is 0 Å². The van der Waals surface area contributed by atoms with Crippen LogP contribution in [0.4, 0.5) is 0 Å². The first-order chi connectivity index (χ1) is 6.55. The molecular weight excluding hydrogens is 287 g/mol. The van der Waals surface area contributed by atoms with Crippen LogP contribution in [0.5, 0.6) is 5.75 Å². The molecule has 0 aliphatic rings. The van der Waals surface area contributed by atoms with Crippen molar-refractivity contribution in [1.82, 2.24) is 0 Å². The Bertz CT molecular complexity index is 294. The normalized spacial score (nSPS) is 11.4. The quantitative estimate of drug-likeness (QED) is 0.607. The van der Waals surface area contributed by atoms with Crippen molar-refractivity contribution in [3.8, 4) is 5.75 Å². The van der Waals surface area contributed by atoms with Gasteiger partial charge in [0.15, 0.2) is 0 Å². The van der Waals surface area contributed by atoms with Gasteiger partial charge in [0, 0.05) is 9.84 Å². The lowest BCUT2D eigenvalue weighted by molar-refractivity contribution is 0.203. The lowest BCUT2D eigenvalue weighted by atomic mass is 9.98. The van der Waals surface area contributed by atoms with E-state index in [1.54, 1.807) is 0 Å². The maximum absolute atomic E-state index is 5.79. The van der Waals surface area contributed by atoms with Crippen LogP contribution < -0.4 is 4.74 Å². The molecule has 14 heavy (non-hydrogen) atoms. The zero-order valence-electron chi connectivity index (χ0n) is 9.01. The van der Waals surface area contributed by atoms with Crippen LogP contribution in [0, 0.1) is 12.3 Å². The van der Waals surface area contributed by atoms with Crippen LogP contribution >= 0.6 is 22.6 Å². The van der Waals surface area contributed by atoms with Gasteiger partial charge in [0.2, 0.25) is 0 Å². The molecule has 0 aromatic heterocycles. The van der Waals surface area contributed by atoms with Gasteiger partial charge in [-0.3, -0.25) is 0 Å². The second-order valence-corrected chi connectivity index (χ2v) is 5.11. The van der Waals surface area contributed by atoms with Crippen LogP contribution in [0.15, 0.2) is 24.3 Å². The van der Waals surface area contributed by atoms with E-state index in [9.17, 15) is 0 Å². The van der Waals surface area contributed by atoms with Gasteiger partial charge >= 0.3 is 0 Å². The van der Waals surface area contributed by atoms with Crippen LogP contribution in [-0.4, -0.2) is 11.0 Å². The number of hydrogen-bond acceptors (Lipinski definition) is 1. The molecule has 0 spiro atoms. The Hall–Kier alpha value is -0.250. The molecule has 0 saturated carbocycles. The number of benzene rings is 1. The van der Waals surface area contributed by atoms with Crippen LogP contribution in [0.3, 0.4) is 0 Å². The van der Waals surface area contributed by atoms with E-state index < -0.39 is 0 Å². The highest BCUT2D eigenvalue weighted by Crippen LogP contribution is 2.22. The van der Waals surface area contributed by atoms with Gasteiger partial charge in [-0.15, -0.1) is 0 Å². The molecule has 1 aromatic carbocycles. The number of hydrogen-bond donors (Lipinski definition) is 0. The molecule has 1 aromatic rings. The summed E-state index contributed by atoms with van der Waals surface area (Å²) in [6, 6.07) is 8.15. The minimum Gasteiger partial charge on any atom is -0.493 e. The summed E-state index contributed by atoms with van der Waals surface area (Å²) in [5.41, 5.74) is 1.46. The minimum absolute atomic E-state index is 0.253. The number of rotatable bonds is 4. The molecule has 0 N–H and O–H groups in total. The Labute approximate surface area is 100.0 Å². The molecule has 0 aliphatic carbocycles. The lowest BCUT2D eigenvalue weighted by Crippen LogP contribution is -2.22. The average molecular weight is 304 g/mol. The van der Waals surface area contributed by atoms with Crippen molar-refractivity contribution < 1.29 is 4.74 Å². The molecule has 1 nitrogen and oxygen atoms in total. The summed E-state index contributed by atoms with van der Waals surface area (Å²) >= 11 is 2.40. The van der Waals surface area contributed by atoms with E-state index in [-0.39, 0.29) is 5.41 Å². The fraction of sp³-hybridized carbons (Fsp3) is 0.500. The summed E-state index contributed by atoms with van der Waals surface area (Å²) in [5, 5.41) is 0. The van der Waals surface area contributed by atoms with Crippen LogP contribution in [0.25, 0.3) is 0 Å². The molecule has 0 atom stereocenters. The van der Waals surface area contributed by atoms with Crippen molar-refractivity contribution in [3.05, 3.63) is 29.8 Å². The largest absolute Gasteiger partial charge is 0.493 e. The fourth-order valence-corrected chi connectivity index (χ4v) is 1.25. The zero-order chi connectivity index (χ0) is 10.6.